The largest absolute Gasteiger partial charge is 0.444 e. The summed E-state index contributed by atoms with van der Waals surface area (Å²) in [5.41, 5.74) is 4.28. The van der Waals surface area contributed by atoms with Crippen LogP contribution in [0.15, 0.2) is 70.3 Å². The number of nitrogens with zero attached hydrogens (tertiary/aromatic N) is 3. The van der Waals surface area contributed by atoms with Crippen molar-refractivity contribution in [1.82, 2.24) is 20.5 Å². The highest BCUT2D eigenvalue weighted by molar-refractivity contribution is 14.0. The molecule has 182 valence electrons. The zero-order valence-corrected chi connectivity index (χ0v) is 22.2. The van der Waals surface area contributed by atoms with Crippen molar-refractivity contribution in [2.75, 3.05) is 39.4 Å². The Bertz CT molecular complexity index is 1020. The normalized spacial score (nSPS) is 15.4. The van der Waals surface area contributed by atoms with Crippen LogP contribution in [0.1, 0.15) is 29.8 Å². The molecule has 2 heterocycles. The van der Waals surface area contributed by atoms with Crippen LogP contribution < -0.4 is 10.6 Å². The van der Waals surface area contributed by atoms with Gasteiger partial charge in [-0.1, -0.05) is 48.0 Å². The van der Waals surface area contributed by atoms with E-state index in [1.54, 1.807) is 6.26 Å². The standard InChI is InChI=1S/C26H33N5O2.HI/c1-3-27-26(28-17-23-19-33-25(30-23)22-11-9-20(2)10-12-22)29-18-24(21-7-5-4-6-8-21)31-13-15-32-16-14-31;/h4-12,19,24H,3,13-18H2,1-2H3,(H2,27,28,29);1H. The van der Waals surface area contributed by atoms with Crippen LogP contribution in [0, 0.1) is 6.92 Å². The van der Waals surface area contributed by atoms with Crippen molar-refractivity contribution in [3.8, 4) is 11.5 Å². The molecular formula is C26H34IN5O2. The van der Waals surface area contributed by atoms with Gasteiger partial charge < -0.3 is 19.8 Å². The van der Waals surface area contributed by atoms with Crippen molar-refractivity contribution in [2.45, 2.75) is 26.4 Å². The van der Waals surface area contributed by atoms with Gasteiger partial charge in [-0.3, -0.25) is 4.90 Å². The number of guanidine groups is 1. The average Bonchev–Trinajstić information content (AvgIpc) is 3.33. The van der Waals surface area contributed by atoms with Gasteiger partial charge in [0.05, 0.1) is 25.8 Å². The maximum atomic E-state index is 5.68. The van der Waals surface area contributed by atoms with E-state index in [1.165, 1.54) is 11.1 Å². The number of nitrogens with one attached hydrogen (secondary N) is 2. The summed E-state index contributed by atoms with van der Waals surface area (Å²) in [4.78, 5) is 11.8. The lowest BCUT2D eigenvalue weighted by atomic mass is 10.0. The maximum absolute atomic E-state index is 5.68. The van der Waals surface area contributed by atoms with Gasteiger partial charge in [0, 0.05) is 31.7 Å². The number of aromatic nitrogens is 1. The topological polar surface area (TPSA) is 74.9 Å². The average molecular weight is 575 g/mol. The van der Waals surface area contributed by atoms with Crippen molar-refractivity contribution in [1.29, 1.82) is 0 Å². The number of aliphatic imine (C=N–C) groups is 1. The number of morpholine rings is 1. The van der Waals surface area contributed by atoms with Crippen molar-refractivity contribution in [3.63, 3.8) is 0 Å². The quantitative estimate of drug-likeness (QED) is 0.236. The van der Waals surface area contributed by atoms with Crippen LogP contribution in [-0.4, -0.2) is 55.2 Å². The molecule has 34 heavy (non-hydrogen) atoms. The summed E-state index contributed by atoms with van der Waals surface area (Å²) in [6.45, 7) is 9.51. The number of oxazole rings is 1. The number of ether oxygens (including phenoxy) is 1. The summed E-state index contributed by atoms with van der Waals surface area (Å²) >= 11 is 0. The second-order valence-electron chi connectivity index (χ2n) is 8.16. The molecule has 1 aromatic heterocycles. The summed E-state index contributed by atoms with van der Waals surface area (Å²) in [5, 5.41) is 6.87. The van der Waals surface area contributed by atoms with Crippen LogP contribution in [0.25, 0.3) is 11.5 Å². The summed E-state index contributed by atoms with van der Waals surface area (Å²) in [6, 6.07) is 19.0. The van der Waals surface area contributed by atoms with E-state index in [0.717, 1.165) is 56.6 Å². The molecule has 1 fully saturated rings. The molecular weight excluding hydrogens is 541 g/mol. The first-order valence-electron chi connectivity index (χ1n) is 11.6. The van der Waals surface area contributed by atoms with Crippen LogP contribution in [0.4, 0.5) is 0 Å². The molecule has 1 atom stereocenters. The van der Waals surface area contributed by atoms with E-state index in [9.17, 15) is 0 Å². The van der Waals surface area contributed by atoms with Gasteiger partial charge in [-0.05, 0) is 31.5 Å². The van der Waals surface area contributed by atoms with Crippen molar-refractivity contribution < 1.29 is 9.15 Å². The molecule has 4 rings (SSSR count). The molecule has 0 bridgehead atoms. The molecule has 1 aliphatic rings. The summed E-state index contributed by atoms with van der Waals surface area (Å²) in [7, 11) is 0. The highest BCUT2D eigenvalue weighted by Gasteiger charge is 2.22. The first-order valence-corrected chi connectivity index (χ1v) is 11.6. The Hall–Kier alpha value is -2.43. The molecule has 2 N–H and O–H groups in total. The van der Waals surface area contributed by atoms with Gasteiger partial charge in [0.25, 0.3) is 0 Å². The number of hydrogen-bond acceptors (Lipinski definition) is 5. The Labute approximate surface area is 219 Å². The van der Waals surface area contributed by atoms with Crippen molar-refractivity contribution >= 4 is 29.9 Å². The second-order valence-corrected chi connectivity index (χ2v) is 8.16. The molecule has 0 aliphatic carbocycles. The molecule has 1 saturated heterocycles. The minimum absolute atomic E-state index is 0. The van der Waals surface area contributed by atoms with Crippen LogP contribution in [0.2, 0.25) is 0 Å². The van der Waals surface area contributed by atoms with Gasteiger partial charge in [0.2, 0.25) is 5.89 Å². The zero-order chi connectivity index (χ0) is 22.9. The van der Waals surface area contributed by atoms with Crippen molar-refractivity contribution in [2.24, 2.45) is 4.99 Å². The minimum Gasteiger partial charge on any atom is -0.444 e. The summed E-state index contributed by atoms with van der Waals surface area (Å²) in [5.74, 6) is 1.39. The molecule has 1 aliphatic heterocycles. The Morgan fingerprint density at radius 2 is 1.79 bits per heavy atom. The second kappa shape index (κ2) is 13.5. The van der Waals surface area contributed by atoms with Crippen LogP contribution in [0.5, 0.6) is 0 Å². The molecule has 1 unspecified atom stereocenters. The fraction of sp³-hybridized carbons (Fsp3) is 0.385. The number of aryl methyl sites for hydroxylation is 1. The van der Waals surface area contributed by atoms with Gasteiger partial charge in [0.15, 0.2) is 5.96 Å². The van der Waals surface area contributed by atoms with Gasteiger partial charge in [0.1, 0.15) is 12.0 Å². The number of halogens is 1. The fourth-order valence-corrected chi connectivity index (χ4v) is 3.93. The molecule has 0 amide bonds. The molecule has 0 spiro atoms. The highest BCUT2D eigenvalue weighted by atomic mass is 127. The van der Waals surface area contributed by atoms with E-state index < -0.39 is 0 Å². The third-order valence-electron chi connectivity index (χ3n) is 5.73. The predicted molar refractivity (Wildman–Crippen MR) is 146 cm³/mol. The van der Waals surface area contributed by atoms with Gasteiger partial charge in [-0.15, -0.1) is 24.0 Å². The van der Waals surface area contributed by atoms with Crippen LogP contribution >= 0.6 is 24.0 Å². The molecule has 0 saturated carbocycles. The van der Waals surface area contributed by atoms with E-state index >= 15 is 0 Å². The Kier molecular flexibility index (Phi) is 10.4. The summed E-state index contributed by atoms with van der Waals surface area (Å²) < 4.78 is 11.2. The SMILES string of the molecule is CCNC(=NCc1coc(-c2ccc(C)cc2)n1)NCC(c1ccccc1)N1CCOCC1.I. The first-order chi connectivity index (χ1) is 16.2. The lowest BCUT2D eigenvalue weighted by Gasteiger charge is -2.35. The lowest BCUT2D eigenvalue weighted by molar-refractivity contribution is 0.0170. The monoisotopic (exact) mass is 575 g/mol. The van der Waals surface area contributed by atoms with Crippen LogP contribution in [0.3, 0.4) is 0 Å². The third kappa shape index (κ3) is 7.28. The lowest BCUT2D eigenvalue weighted by Crippen LogP contribution is -2.46. The molecule has 8 heteroatoms. The highest BCUT2D eigenvalue weighted by Crippen LogP contribution is 2.21. The Morgan fingerprint density at radius 1 is 1.06 bits per heavy atom. The van der Waals surface area contributed by atoms with Crippen molar-refractivity contribution in [3.05, 3.63) is 77.7 Å². The van der Waals surface area contributed by atoms with E-state index in [1.807, 2.05) is 12.1 Å². The van der Waals surface area contributed by atoms with Crippen LogP contribution in [-0.2, 0) is 11.3 Å². The van der Waals surface area contributed by atoms with E-state index in [4.69, 9.17) is 14.1 Å². The van der Waals surface area contributed by atoms with Gasteiger partial charge in [-0.2, -0.15) is 0 Å². The number of benzene rings is 2. The minimum atomic E-state index is 0. The Balaban J connectivity index is 0.00000324. The summed E-state index contributed by atoms with van der Waals surface area (Å²) in [6.07, 6.45) is 1.68. The smallest absolute Gasteiger partial charge is 0.226 e. The van der Waals surface area contributed by atoms with E-state index in [0.29, 0.717) is 12.4 Å². The zero-order valence-electron chi connectivity index (χ0n) is 19.9. The number of hydrogen-bond donors (Lipinski definition) is 2. The predicted octanol–water partition coefficient (Wildman–Crippen LogP) is 4.40. The molecule has 3 aromatic rings. The third-order valence-corrected chi connectivity index (χ3v) is 5.73. The molecule has 2 aromatic carbocycles. The van der Waals surface area contributed by atoms with Gasteiger partial charge >= 0.3 is 0 Å². The molecule has 7 nitrogen and oxygen atoms in total. The number of rotatable bonds is 8. The van der Waals surface area contributed by atoms with E-state index in [-0.39, 0.29) is 30.0 Å². The first kappa shape index (κ1) is 26.2. The maximum Gasteiger partial charge on any atom is 0.226 e. The molecule has 0 radical (unpaired) electrons. The fourth-order valence-electron chi connectivity index (χ4n) is 3.93. The Morgan fingerprint density at radius 3 is 2.50 bits per heavy atom. The van der Waals surface area contributed by atoms with E-state index in [2.05, 4.69) is 76.8 Å². The van der Waals surface area contributed by atoms with Gasteiger partial charge in [-0.25, -0.2) is 9.98 Å².